The molecule has 0 amide bonds. The van der Waals surface area contributed by atoms with Gasteiger partial charge in [0.05, 0.1) is 0 Å². The Morgan fingerprint density at radius 1 is 0.774 bits per heavy atom. The molecule has 0 aliphatic rings. The minimum atomic E-state index is -0.479. The summed E-state index contributed by atoms with van der Waals surface area (Å²) in [6.45, 7) is 16.0. The number of carbonyl (C=O) groups is 2. The topological polar surface area (TPSA) is 80.3 Å². The second-order valence-electron chi connectivity index (χ2n) is 5.03. The maximum atomic E-state index is 12.2. The number of carbonyl (C=O) groups excluding carboxylic acids is 2. The minimum absolute atomic E-state index is 0.0351. The third kappa shape index (κ3) is 12.1. The quantitative estimate of drug-likeness (QED) is 0.0732. The zero-order chi connectivity index (χ0) is 23.3. The molecule has 0 N–H and O–H groups in total. The largest absolute Gasteiger partial charge is 0.490 e. The van der Waals surface area contributed by atoms with Gasteiger partial charge in [-0.05, 0) is 24.3 Å². The van der Waals surface area contributed by atoms with Gasteiger partial charge in [0.15, 0.2) is 5.78 Å². The van der Waals surface area contributed by atoms with Crippen molar-refractivity contribution in [2.24, 2.45) is 0 Å². The van der Waals surface area contributed by atoms with Gasteiger partial charge in [0.25, 0.3) is 0 Å². The molecule has 0 heterocycles. The Labute approximate surface area is 182 Å². The van der Waals surface area contributed by atoms with Crippen molar-refractivity contribution < 1.29 is 33.9 Å². The van der Waals surface area contributed by atoms with E-state index in [4.69, 9.17) is 9.47 Å². The average molecular weight is 426 g/mol. The lowest BCUT2D eigenvalue weighted by atomic mass is 10.0. The molecule has 7 heteroatoms. The molecule has 164 valence electrons. The van der Waals surface area contributed by atoms with Crippen LogP contribution in [0, 0.1) is 0 Å². The lowest BCUT2D eigenvalue weighted by molar-refractivity contribution is -0.464. The Bertz CT molecular complexity index is 790. The van der Waals surface area contributed by atoms with Gasteiger partial charge >= 0.3 is 5.97 Å². The normalized spacial score (nSPS) is 8.65. The summed E-state index contributed by atoms with van der Waals surface area (Å²) in [5.74, 6) is 0.0960. The van der Waals surface area contributed by atoms with E-state index in [0.717, 1.165) is 18.6 Å². The van der Waals surface area contributed by atoms with Crippen molar-refractivity contribution in [1.82, 2.24) is 0 Å². The molecule has 0 unspecified atom stereocenters. The molecule has 0 atom stereocenters. The van der Waals surface area contributed by atoms with Crippen LogP contribution in [-0.4, -0.2) is 25.0 Å². The molecule has 2 aromatic rings. The van der Waals surface area contributed by atoms with Crippen LogP contribution in [0.3, 0.4) is 0 Å². The van der Waals surface area contributed by atoms with Crippen LogP contribution in [0.5, 0.6) is 5.75 Å². The highest BCUT2D eigenvalue weighted by Crippen LogP contribution is 2.15. The van der Waals surface area contributed by atoms with Gasteiger partial charge in [-0.2, -0.15) is 0 Å². The zero-order valence-electron chi connectivity index (χ0n) is 17.2. The second kappa shape index (κ2) is 18.0. The van der Waals surface area contributed by atoms with E-state index < -0.39 is 5.97 Å². The van der Waals surface area contributed by atoms with E-state index in [1.807, 2.05) is 18.2 Å². The molecule has 0 saturated heterocycles. The summed E-state index contributed by atoms with van der Waals surface area (Å²) in [6.07, 6.45) is 3.27. The summed E-state index contributed by atoms with van der Waals surface area (Å²) < 4.78 is 10.2. The fraction of sp³-hybridized carbons (Fsp3) is 0.0833. The van der Waals surface area contributed by atoms with Gasteiger partial charge < -0.3 is 19.2 Å². The number of rotatable bonds is 11. The Balaban J connectivity index is 0.000000852. The number of benzene rings is 2. The molecule has 31 heavy (non-hydrogen) atoms. The predicted molar refractivity (Wildman–Crippen MR) is 118 cm³/mol. The van der Waals surface area contributed by atoms with Crippen molar-refractivity contribution in [1.29, 1.82) is 0 Å². The van der Waals surface area contributed by atoms with Crippen LogP contribution in [0.1, 0.15) is 15.9 Å². The van der Waals surface area contributed by atoms with Gasteiger partial charge in [0.1, 0.15) is 31.5 Å². The van der Waals surface area contributed by atoms with Gasteiger partial charge in [0, 0.05) is 22.2 Å². The maximum Gasteiger partial charge on any atom is 0.330 e. The SMILES string of the molecule is C=C.C=CC(=O)OCCOc1ccc(C(=O)c2ccccc2)cc1.C=COOOC=C. The summed E-state index contributed by atoms with van der Waals surface area (Å²) in [5, 5.41) is 3.90. The van der Waals surface area contributed by atoms with Crippen molar-refractivity contribution >= 4 is 11.8 Å². The van der Waals surface area contributed by atoms with Crippen LogP contribution in [0.2, 0.25) is 0 Å². The first-order valence-corrected chi connectivity index (χ1v) is 8.94. The Kier molecular flexibility index (Phi) is 15.6. The highest BCUT2D eigenvalue weighted by molar-refractivity contribution is 6.08. The molecule has 0 fully saturated rings. The molecule has 2 aromatic carbocycles. The van der Waals surface area contributed by atoms with Crippen LogP contribution in [-0.2, 0) is 24.3 Å². The molecule has 7 nitrogen and oxygen atoms in total. The fourth-order valence-corrected chi connectivity index (χ4v) is 1.90. The number of hydrogen-bond donors (Lipinski definition) is 0. The molecule has 0 spiro atoms. The van der Waals surface area contributed by atoms with Crippen LogP contribution in [0.15, 0.2) is 106 Å². The van der Waals surface area contributed by atoms with Crippen molar-refractivity contribution in [3.8, 4) is 5.75 Å². The van der Waals surface area contributed by atoms with E-state index in [2.05, 4.69) is 47.7 Å². The molecule has 0 aliphatic carbocycles. The van der Waals surface area contributed by atoms with E-state index in [1.165, 1.54) is 0 Å². The Morgan fingerprint density at radius 3 is 1.84 bits per heavy atom. The van der Waals surface area contributed by atoms with E-state index in [-0.39, 0.29) is 19.0 Å². The number of hydrogen-bond acceptors (Lipinski definition) is 7. The lowest BCUT2D eigenvalue weighted by Gasteiger charge is -2.07. The third-order valence-corrected chi connectivity index (χ3v) is 3.13. The highest BCUT2D eigenvalue weighted by Gasteiger charge is 2.08. The van der Waals surface area contributed by atoms with E-state index in [0.29, 0.717) is 16.9 Å². The summed E-state index contributed by atoms with van der Waals surface area (Å²) in [6, 6.07) is 15.9. The van der Waals surface area contributed by atoms with Crippen molar-refractivity contribution in [2.75, 3.05) is 13.2 Å². The van der Waals surface area contributed by atoms with Gasteiger partial charge in [-0.15, -0.1) is 13.2 Å². The first-order chi connectivity index (χ1) is 15.1. The van der Waals surface area contributed by atoms with Gasteiger partial charge in [0.2, 0.25) is 0 Å². The van der Waals surface area contributed by atoms with E-state index in [1.54, 1.807) is 36.4 Å². The van der Waals surface area contributed by atoms with Crippen LogP contribution in [0.4, 0.5) is 0 Å². The Morgan fingerprint density at radius 2 is 1.32 bits per heavy atom. The van der Waals surface area contributed by atoms with Crippen molar-refractivity contribution in [3.05, 3.63) is 117 Å². The number of esters is 1. The first kappa shape index (κ1) is 26.9. The minimum Gasteiger partial charge on any atom is -0.490 e. The highest BCUT2D eigenvalue weighted by atomic mass is 17.5. The summed E-state index contributed by atoms with van der Waals surface area (Å²) >= 11 is 0. The molecule has 0 aliphatic heterocycles. The monoisotopic (exact) mass is 426 g/mol. The molecule has 2 rings (SSSR count). The van der Waals surface area contributed by atoms with Gasteiger partial charge in [-0.25, -0.2) is 4.79 Å². The van der Waals surface area contributed by atoms with Crippen LogP contribution < -0.4 is 4.74 Å². The van der Waals surface area contributed by atoms with Crippen molar-refractivity contribution in [3.63, 3.8) is 0 Å². The van der Waals surface area contributed by atoms with Gasteiger partial charge in [-0.1, -0.05) is 50.1 Å². The van der Waals surface area contributed by atoms with Crippen LogP contribution in [0.25, 0.3) is 0 Å². The molecule has 0 radical (unpaired) electrons. The number of ketones is 1. The van der Waals surface area contributed by atoms with E-state index >= 15 is 0 Å². The summed E-state index contributed by atoms with van der Waals surface area (Å²) in [4.78, 5) is 31.2. The summed E-state index contributed by atoms with van der Waals surface area (Å²) in [5.41, 5.74) is 1.24. The molecule has 0 saturated carbocycles. The van der Waals surface area contributed by atoms with E-state index in [9.17, 15) is 9.59 Å². The standard InChI is InChI=1S/C18H16O4.C4H6O3.C2H4/c1-2-17(19)22-13-12-21-16-10-8-15(9-11-16)18(20)14-6-4-3-5-7-14;1-3-5-7-6-4-2;1-2/h2-11H,1,12-13H2;3-4H,1-2H2;1-2H2. The average Bonchev–Trinajstić information content (AvgIpc) is 2.84. The third-order valence-electron chi connectivity index (χ3n) is 3.13. The maximum absolute atomic E-state index is 12.2. The zero-order valence-corrected chi connectivity index (χ0v) is 17.2. The van der Waals surface area contributed by atoms with Gasteiger partial charge in [-0.3, -0.25) is 4.79 Å². The molecule has 0 aromatic heterocycles. The second-order valence-corrected chi connectivity index (χ2v) is 5.03. The smallest absolute Gasteiger partial charge is 0.330 e. The number of ether oxygens (including phenoxy) is 2. The van der Waals surface area contributed by atoms with Crippen LogP contribution >= 0.6 is 0 Å². The first-order valence-electron chi connectivity index (χ1n) is 8.94. The Hall–Kier alpha value is -4.10. The molecular formula is C24H26O7. The fourth-order valence-electron chi connectivity index (χ4n) is 1.90. The van der Waals surface area contributed by atoms with Crippen molar-refractivity contribution in [2.45, 2.75) is 0 Å². The predicted octanol–water partition coefficient (Wildman–Crippen LogP) is 4.98. The molecule has 0 bridgehead atoms. The lowest BCUT2D eigenvalue weighted by Crippen LogP contribution is -2.10. The molecular weight excluding hydrogens is 400 g/mol. The summed E-state index contributed by atoms with van der Waals surface area (Å²) in [7, 11) is 0.